The molecule has 0 aliphatic carbocycles. The fraction of sp³-hybridized carbons (Fsp3) is 0.353. The van der Waals surface area contributed by atoms with Gasteiger partial charge in [-0.3, -0.25) is 0 Å². The van der Waals surface area contributed by atoms with Crippen molar-refractivity contribution in [3.05, 3.63) is 51.2 Å². The standard InChI is InChI=1S/C17H19ClN6O2S2/c1-17(10-28(25,26)23(2)16(19)20-17)15-12(18)8-14(27-15)13-9-24(22-21-13)11-6-4-3-5-7-11/h3-8,13H,9-10H2,1-2H3,(H2,19,20). The molecule has 0 fully saturated rings. The van der Waals surface area contributed by atoms with Crippen molar-refractivity contribution < 1.29 is 8.42 Å². The lowest BCUT2D eigenvalue weighted by molar-refractivity contribution is 0.482. The Morgan fingerprint density at radius 3 is 2.71 bits per heavy atom. The molecule has 2 atom stereocenters. The largest absolute Gasteiger partial charge is 0.369 e. The Labute approximate surface area is 172 Å². The summed E-state index contributed by atoms with van der Waals surface area (Å²) in [6, 6.07) is 11.4. The van der Waals surface area contributed by atoms with Crippen LogP contribution < -0.4 is 10.7 Å². The summed E-state index contributed by atoms with van der Waals surface area (Å²) < 4.78 is 25.9. The predicted molar refractivity (Wildman–Crippen MR) is 111 cm³/mol. The average Bonchev–Trinajstić information content (AvgIpc) is 3.27. The van der Waals surface area contributed by atoms with Crippen LogP contribution in [-0.4, -0.2) is 38.0 Å². The second-order valence-corrected chi connectivity index (χ2v) is 10.4. The first-order valence-electron chi connectivity index (χ1n) is 8.55. The topological polar surface area (TPSA) is 104 Å². The fourth-order valence-electron chi connectivity index (χ4n) is 3.25. The number of rotatable bonds is 3. The molecule has 2 aliphatic rings. The van der Waals surface area contributed by atoms with Crippen molar-refractivity contribution in [2.75, 3.05) is 24.4 Å². The third-order valence-corrected chi connectivity index (χ3v) is 8.64. The highest BCUT2D eigenvalue weighted by Crippen LogP contribution is 2.44. The highest BCUT2D eigenvalue weighted by molar-refractivity contribution is 7.89. The molecule has 2 N–H and O–H groups in total. The summed E-state index contributed by atoms with van der Waals surface area (Å²) >= 11 is 7.89. The summed E-state index contributed by atoms with van der Waals surface area (Å²) in [5, 5.41) is 10.9. The number of hydrogen-bond acceptors (Lipinski definition) is 8. The molecule has 28 heavy (non-hydrogen) atoms. The van der Waals surface area contributed by atoms with E-state index in [1.807, 2.05) is 41.4 Å². The number of hydrogen-bond donors (Lipinski definition) is 1. The lowest BCUT2D eigenvalue weighted by atomic mass is 10.0. The van der Waals surface area contributed by atoms with Gasteiger partial charge in [0.15, 0.2) is 0 Å². The smallest absolute Gasteiger partial charge is 0.239 e. The fourth-order valence-corrected chi connectivity index (χ4v) is 6.45. The van der Waals surface area contributed by atoms with Gasteiger partial charge in [-0.05, 0) is 25.1 Å². The van der Waals surface area contributed by atoms with Gasteiger partial charge in [-0.2, -0.15) is 5.11 Å². The number of benzene rings is 1. The Morgan fingerprint density at radius 1 is 1.32 bits per heavy atom. The van der Waals surface area contributed by atoms with Crippen LogP contribution in [0.25, 0.3) is 0 Å². The van der Waals surface area contributed by atoms with Gasteiger partial charge in [0, 0.05) is 11.9 Å². The normalized spacial score (nSPS) is 26.5. The van der Waals surface area contributed by atoms with Crippen LogP contribution in [0.4, 0.5) is 5.69 Å². The highest BCUT2D eigenvalue weighted by Gasteiger charge is 2.43. The average molecular weight is 439 g/mol. The Morgan fingerprint density at radius 2 is 2.04 bits per heavy atom. The maximum atomic E-state index is 12.4. The molecular formula is C17H19ClN6O2S2. The SMILES string of the molecule is CN1C(N)=NC(C)(c2sc(C3CN(c4ccccc4)N=N3)cc2Cl)CS1(=O)=O. The van der Waals surface area contributed by atoms with Crippen LogP contribution in [-0.2, 0) is 15.6 Å². The Kier molecular flexibility index (Phi) is 4.59. The van der Waals surface area contributed by atoms with Gasteiger partial charge in [-0.15, -0.1) is 11.3 Å². The zero-order valence-corrected chi connectivity index (χ0v) is 17.7. The Balaban J connectivity index is 1.63. The molecule has 0 amide bonds. The number of para-hydroxylation sites is 1. The van der Waals surface area contributed by atoms with Gasteiger partial charge in [-0.25, -0.2) is 22.7 Å². The summed E-state index contributed by atoms with van der Waals surface area (Å²) in [7, 11) is -2.17. The second-order valence-electron chi connectivity index (χ2n) is 6.93. The van der Waals surface area contributed by atoms with Crippen LogP contribution in [0.3, 0.4) is 0 Å². The van der Waals surface area contributed by atoms with Crippen molar-refractivity contribution in [2.45, 2.75) is 18.5 Å². The Hall–Kier alpha value is -2.17. The van der Waals surface area contributed by atoms with Crippen LogP contribution in [0.2, 0.25) is 5.02 Å². The molecule has 0 spiro atoms. The third-order valence-electron chi connectivity index (χ3n) is 4.79. The van der Waals surface area contributed by atoms with Gasteiger partial charge >= 0.3 is 0 Å². The van der Waals surface area contributed by atoms with E-state index in [4.69, 9.17) is 17.3 Å². The van der Waals surface area contributed by atoms with Gasteiger partial charge in [0.05, 0.1) is 27.9 Å². The summed E-state index contributed by atoms with van der Waals surface area (Å²) in [5.74, 6) is -0.241. The monoisotopic (exact) mass is 438 g/mol. The summed E-state index contributed by atoms with van der Waals surface area (Å²) in [5.41, 5.74) is 5.77. The van der Waals surface area contributed by atoms with Crippen molar-refractivity contribution >= 4 is 44.6 Å². The number of nitrogens with zero attached hydrogens (tertiary/aromatic N) is 5. The minimum atomic E-state index is -3.56. The van der Waals surface area contributed by atoms with Crippen molar-refractivity contribution in [3.8, 4) is 0 Å². The molecule has 11 heteroatoms. The number of aliphatic imine (C=N–C) groups is 1. The minimum Gasteiger partial charge on any atom is -0.369 e. The third kappa shape index (κ3) is 3.25. The van der Waals surface area contributed by atoms with Crippen molar-refractivity contribution in [1.82, 2.24) is 4.31 Å². The van der Waals surface area contributed by atoms with Crippen molar-refractivity contribution in [2.24, 2.45) is 21.1 Å². The molecule has 8 nitrogen and oxygen atoms in total. The van der Waals surface area contributed by atoms with E-state index in [9.17, 15) is 8.42 Å². The molecule has 2 unspecified atom stereocenters. The van der Waals surface area contributed by atoms with Gasteiger partial charge in [0.25, 0.3) is 0 Å². The number of halogens is 1. The van der Waals surface area contributed by atoms with E-state index in [0.29, 0.717) is 16.4 Å². The molecule has 0 saturated carbocycles. The molecule has 0 radical (unpaired) electrons. The molecule has 2 aliphatic heterocycles. The molecule has 1 aromatic carbocycles. The lowest BCUT2D eigenvalue weighted by Crippen LogP contribution is -2.50. The minimum absolute atomic E-state index is 0.0458. The van der Waals surface area contributed by atoms with Gasteiger partial charge in [-0.1, -0.05) is 35.0 Å². The highest BCUT2D eigenvalue weighted by atomic mass is 35.5. The predicted octanol–water partition coefficient (Wildman–Crippen LogP) is 3.14. The zero-order valence-electron chi connectivity index (χ0n) is 15.3. The van der Waals surface area contributed by atoms with Crippen molar-refractivity contribution in [1.29, 1.82) is 0 Å². The molecule has 1 aromatic heterocycles. The van der Waals surface area contributed by atoms with E-state index in [1.54, 1.807) is 6.92 Å². The quantitative estimate of drug-likeness (QED) is 0.794. The first-order valence-corrected chi connectivity index (χ1v) is 11.3. The van der Waals surface area contributed by atoms with E-state index in [2.05, 4.69) is 15.3 Å². The van der Waals surface area contributed by atoms with Crippen LogP contribution in [0, 0.1) is 0 Å². The van der Waals surface area contributed by atoms with Crippen LogP contribution in [0.15, 0.2) is 51.7 Å². The molecule has 0 bridgehead atoms. The number of nitrogens with two attached hydrogens (primary N) is 1. The number of sulfonamides is 1. The van der Waals surface area contributed by atoms with Crippen LogP contribution >= 0.6 is 22.9 Å². The molecule has 2 aromatic rings. The van der Waals surface area contributed by atoms with E-state index in [-0.39, 0.29) is 17.8 Å². The summed E-state index contributed by atoms with van der Waals surface area (Å²) in [4.78, 5) is 6.00. The van der Waals surface area contributed by atoms with E-state index < -0.39 is 15.6 Å². The first kappa shape index (κ1) is 19.2. The molecule has 0 saturated heterocycles. The number of anilines is 1. The second kappa shape index (κ2) is 6.71. The van der Waals surface area contributed by atoms with Gasteiger partial charge in [0.1, 0.15) is 11.6 Å². The summed E-state index contributed by atoms with van der Waals surface area (Å²) in [6.45, 7) is 2.32. The van der Waals surface area contributed by atoms with E-state index in [0.717, 1.165) is 14.9 Å². The molecular weight excluding hydrogens is 420 g/mol. The summed E-state index contributed by atoms with van der Waals surface area (Å²) in [6.07, 6.45) is 0. The number of thiophene rings is 1. The van der Waals surface area contributed by atoms with Gasteiger partial charge in [0.2, 0.25) is 16.0 Å². The van der Waals surface area contributed by atoms with Crippen LogP contribution in [0.1, 0.15) is 22.7 Å². The zero-order chi connectivity index (χ0) is 20.1. The van der Waals surface area contributed by atoms with E-state index >= 15 is 0 Å². The van der Waals surface area contributed by atoms with Crippen molar-refractivity contribution in [3.63, 3.8) is 0 Å². The lowest BCUT2D eigenvalue weighted by Gasteiger charge is -2.33. The first-order chi connectivity index (χ1) is 13.2. The van der Waals surface area contributed by atoms with E-state index in [1.165, 1.54) is 18.4 Å². The maximum absolute atomic E-state index is 12.4. The molecule has 4 rings (SSSR count). The molecule has 3 heterocycles. The molecule has 148 valence electrons. The maximum Gasteiger partial charge on any atom is 0.239 e. The Bertz CT molecular complexity index is 1070. The number of guanidine groups is 1. The van der Waals surface area contributed by atoms with Gasteiger partial charge < -0.3 is 5.73 Å². The van der Waals surface area contributed by atoms with Crippen LogP contribution in [0.5, 0.6) is 0 Å².